The van der Waals surface area contributed by atoms with Gasteiger partial charge in [-0.05, 0) is 70.3 Å². The van der Waals surface area contributed by atoms with E-state index in [4.69, 9.17) is 22.9 Å². The van der Waals surface area contributed by atoms with Gasteiger partial charge in [0.1, 0.15) is 24.2 Å². The van der Waals surface area contributed by atoms with Gasteiger partial charge in [0, 0.05) is 19.1 Å². The zero-order valence-corrected chi connectivity index (χ0v) is 28.5. The number of carbonyl (C=O) groups is 5. The molecule has 0 spiro atoms. The Morgan fingerprint density at radius 2 is 1.53 bits per heavy atom. The van der Waals surface area contributed by atoms with Gasteiger partial charge in [0.25, 0.3) is 0 Å². The van der Waals surface area contributed by atoms with E-state index in [1.54, 1.807) is 13.8 Å². The molecular formula is C30H58N10O9. The van der Waals surface area contributed by atoms with Crippen LogP contribution in [0.25, 0.3) is 0 Å². The number of carboxylic acids is 1. The molecule has 1 fully saturated rings. The van der Waals surface area contributed by atoms with Gasteiger partial charge in [-0.2, -0.15) is 0 Å². The SMILES string of the molecule is CC(C)C[C@H](NC(=O)[C@@H](NC(=O)[C@H](CO)NC(=O)[C@H]1CCCN1)[C@@H](O)CC[C@@H](N)CCCN=C(N)N)C(=O)N[C@@H](CCC(O)CN)C(=O)O. The third-order valence-corrected chi connectivity index (χ3v) is 8.03. The summed E-state index contributed by atoms with van der Waals surface area (Å²) in [5.74, 6) is -4.83. The van der Waals surface area contributed by atoms with Gasteiger partial charge in [0.2, 0.25) is 23.6 Å². The van der Waals surface area contributed by atoms with Crippen LogP contribution in [-0.4, -0.2) is 131 Å². The molecule has 19 nitrogen and oxygen atoms in total. The normalized spacial score (nSPS) is 18.7. The summed E-state index contributed by atoms with van der Waals surface area (Å²) < 4.78 is 0. The minimum absolute atomic E-state index is 0.00501. The molecule has 1 rings (SSSR count). The molecule has 0 saturated carbocycles. The Morgan fingerprint density at radius 1 is 0.878 bits per heavy atom. The fourth-order valence-electron chi connectivity index (χ4n) is 5.19. The molecule has 0 radical (unpaired) electrons. The molecule has 1 heterocycles. The second kappa shape index (κ2) is 22.9. The molecule has 17 N–H and O–H groups in total. The van der Waals surface area contributed by atoms with E-state index in [1.807, 2.05) is 0 Å². The number of aliphatic imine (C=N–C) groups is 1. The van der Waals surface area contributed by atoms with Crippen LogP contribution >= 0.6 is 0 Å². The monoisotopic (exact) mass is 702 g/mol. The van der Waals surface area contributed by atoms with E-state index in [0.29, 0.717) is 32.4 Å². The number of rotatable bonds is 24. The summed E-state index contributed by atoms with van der Waals surface area (Å²) in [6, 6.07) is -6.75. The Bertz CT molecular complexity index is 1090. The number of aliphatic carboxylic acids is 1. The third kappa shape index (κ3) is 17.0. The number of carboxylic acid groups (broad SMARTS) is 1. The van der Waals surface area contributed by atoms with Crippen LogP contribution < -0.4 is 49.5 Å². The first kappa shape index (κ1) is 43.4. The highest BCUT2D eigenvalue weighted by molar-refractivity contribution is 5.95. The van der Waals surface area contributed by atoms with Crippen molar-refractivity contribution in [2.45, 2.75) is 120 Å². The van der Waals surface area contributed by atoms with Crippen molar-refractivity contribution in [2.24, 2.45) is 33.8 Å². The summed E-state index contributed by atoms with van der Waals surface area (Å²) in [6.07, 6.45) is -0.0452. The van der Waals surface area contributed by atoms with Crippen LogP contribution in [0.1, 0.15) is 71.6 Å². The maximum absolute atomic E-state index is 13.7. The standard InChI is InChI=1S/C30H58N10O9/c1-16(2)13-21(26(45)37-20(29(48)49)9-8-18(42)14-31)38-28(47)24(23(43)10-7-17(32)5-3-12-36-30(33)34)40-27(46)22(15-41)39-25(44)19-6-4-11-35-19/h16-24,35,41-43H,3-15,31-32H2,1-2H3,(H,37,45)(H,38,47)(H,39,44)(H,40,46)(H,48,49)(H4,33,34,36)/t17-,18?,19+,20-,21-,22-,23-,24-/m0/s1. The van der Waals surface area contributed by atoms with E-state index >= 15 is 0 Å². The molecule has 282 valence electrons. The van der Waals surface area contributed by atoms with E-state index in [2.05, 4.69) is 31.6 Å². The summed E-state index contributed by atoms with van der Waals surface area (Å²) in [6.45, 7) is 3.61. The lowest BCUT2D eigenvalue weighted by atomic mass is 9.97. The highest BCUT2D eigenvalue weighted by Crippen LogP contribution is 2.12. The van der Waals surface area contributed by atoms with E-state index in [-0.39, 0.29) is 50.5 Å². The topological polar surface area (TPSA) is 343 Å². The molecular weight excluding hydrogens is 644 g/mol. The summed E-state index contributed by atoms with van der Waals surface area (Å²) in [4.78, 5) is 68.6. The van der Waals surface area contributed by atoms with E-state index in [1.165, 1.54) is 0 Å². The molecule has 0 aromatic heterocycles. The lowest BCUT2D eigenvalue weighted by Crippen LogP contribution is -2.62. The van der Waals surface area contributed by atoms with Gasteiger partial charge >= 0.3 is 5.97 Å². The number of nitrogens with one attached hydrogen (secondary N) is 5. The van der Waals surface area contributed by atoms with Crippen molar-refractivity contribution in [1.82, 2.24) is 26.6 Å². The molecule has 49 heavy (non-hydrogen) atoms. The number of hydrogen-bond acceptors (Lipinski definition) is 12. The lowest BCUT2D eigenvalue weighted by Gasteiger charge is -2.29. The second-order valence-electron chi connectivity index (χ2n) is 12.8. The van der Waals surface area contributed by atoms with Crippen molar-refractivity contribution in [3.63, 3.8) is 0 Å². The highest BCUT2D eigenvalue weighted by Gasteiger charge is 2.36. The maximum atomic E-state index is 13.7. The number of aliphatic hydroxyl groups is 3. The minimum atomic E-state index is -1.66. The number of aliphatic hydroxyl groups excluding tert-OH is 3. The summed E-state index contributed by atoms with van der Waals surface area (Å²) in [7, 11) is 0. The van der Waals surface area contributed by atoms with E-state index in [0.717, 1.165) is 6.42 Å². The molecule has 0 aromatic rings. The summed E-state index contributed by atoms with van der Waals surface area (Å²) in [5.41, 5.74) is 22.2. The van der Waals surface area contributed by atoms with Gasteiger partial charge in [-0.1, -0.05) is 13.8 Å². The Hall–Kier alpha value is -3.62. The van der Waals surface area contributed by atoms with Crippen molar-refractivity contribution in [3.05, 3.63) is 0 Å². The number of hydrogen-bond donors (Lipinski definition) is 13. The van der Waals surface area contributed by atoms with Gasteiger partial charge < -0.3 is 69.9 Å². The van der Waals surface area contributed by atoms with Gasteiger partial charge in [-0.25, -0.2) is 4.79 Å². The van der Waals surface area contributed by atoms with Crippen molar-refractivity contribution >= 4 is 35.6 Å². The number of amides is 4. The first-order chi connectivity index (χ1) is 23.1. The average Bonchev–Trinajstić information content (AvgIpc) is 3.59. The molecule has 0 bridgehead atoms. The Morgan fingerprint density at radius 3 is 2.08 bits per heavy atom. The van der Waals surface area contributed by atoms with Crippen molar-refractivity contribution in [2.75, 3.05) is 26.2 Å². The van der Waals surface area contributed by atoms with Gasteiger partial charge in [-0.3, -0.25) is 24.2 Å². The quantitative estimate of drug-likeness (QED) is 0.0256. The van der Waals surface area contributed by atoms with Gasteiger partial charge in [0.05, 0.1) is 24.9 Å². The number of carbonyl (C=O) groups excluding carboxylic acids is 4. The van der Waals surface area contributed by atoms with Gasteiger partial charge in [0.15, 0.2) is 5.96 Å². The number of guanidine groups is 1. The second-order valence-corrected chi connectivity index (χ2v) is 12.8. The average molecular weight is 703 g/mol. The van der Waals surface area contributed by atoms with Crippen molar-refractivity contribution < 1.29 is 44.4 Å². The molecule has 1 aliphatic rings. The lowest BCUT2D eigenvalue weighted by molar-refractivity contribution is -0.143. The van der Waals surface area contributed by atoms with Crippen molar-refractivity contribution in [1.29, 1.82) is 0 Å². The first-order valence-corrected chi connectivity index (χ1v) is 16.7. The van der Waals surface area contributed by atoms with Crippen molar-refractivity contribution in [3.8, 4) is 0 Å². The molecule has 19 heteroatoms. The van der Waals surface area contributed by atoms with E-state index in [9.17, 15) is 44.4 Å². The zero-order valence-electron chi connectivity index (χ0n) is 28.5. The Kier molecular flexibility index (Phi) is 20.3. The van der Waals surface area contributed by atoms with Crippen LogP contribution in [0.15, 0.2) is 4.99 Å². The maximum Gasteiger partial charge on any atom is 0.326 e. The highest BCUT2D eigenvalue weighted by atomic mass is 16.4. The Labute approximate surface area is 286 Å². The van der Waals surface area contributed by atoms with Crippen LogP contribution in [-0.2, 0) is 24.0 Å². The van der Waals surface area contributed by atoms with Crippen LogP contribution in [0, 0.1) is 5.92 Å². The molecule has 8 atom stereocenters. The molecule has 0 aromatic carbocycles. The number of nitrogens with two attached hydrogens (primary N) is 4. The van der Waals surface area contributed by atoms with Crippen LogP contribution in [0.5, 0.6) is 0 Å². The largest absolute Gasteiger partial charge is 0.480 e. The smallest absolute Gasteiger partial charge is 0.326 e. The summed E-state index contributed by atoms with van der Waals surface area (Å²) in [5, 5.41) is 53.2. The Balaban J connectivity index is 3.16. The molecule has 1 unspecified atom stereocenters. The third-order valence-electron chi connectivity index (χ3n) is 8.03. The predicted octanol–water partition coefficient (Wildman–Crippen LogP) is -4.58. The molecule has 0 aliphatic carbocycles. The first-order valence-electron chi connectivity index (χ1n) is 16.7. The number of nitrogens with zero attached hydrogens (tertiary/aromatic N) is 1. The molecule has 1 saturated heterocycles. The molecule has 1 aliphatic heterocycles. The van der Waals surface area contributed by atoms with Crippen LogP contribution in [0.2, 0.25) is 0 Å². The summed E-state index contributed by atoms with van der Waals surface area (Å²) >= 11 is 0. The van der Waals surface area contributed by atoms with E-state index < -0.39 is 84.7 Å². The zero-order chi connectivity index (χ0) is 37.1. The fourth-order valence-corrected chi connectivity index (χ4v) is 5.19. The molecule has 4 amide bonds. The van der Waals surface area contributed by atoms with Crippen LogP contribution in [0.3, 0.4) is 0 Å². The predicted molar refractivity (Wildman–Crippen MR) is 180 cm³/mol. The van der Waals surface area contributed by atoms with Gasteiger partial charge in [-0.15, -0.1) is 0 Å². The minimum Gasteiger partial charge on any atom is -0.480 e. The fraction of sp³-hybridized carbons (Fsp3) is 0.800. The van der Waals surface area contributed by atoms with Crippen LogP contribution in [0.4, 0.5) is 0 Å².